The molecule has 21 heavy (non-hydrogen) atoms. The fourth-order valence-electron chi connectivity index (χ4n) is 3.26. The quantitative estimate of drug-likeness (QED) is 0.913. The van der Waals surface area contributed by atoms with Crippen LogP contribution in [0.5, 0.6) is 0 Å². The van der Waals surface area contributed by atoms with Crippen molar-refractivity contribution >= 4 is 0 Å². The maximum Gasteiger partial charge on any atom is 0.123 e. The van der Waals surface area contributed by atoms with Crippen LogP contribution in [0.15, 0.2) is 48.5 Å². The fraction of sp³-hybridized carbons (Fsp3) is 0.278. The minimum absolute atomic E-state index is 0.346. The largest absolute Gasteiger partial charge is 0.386 e. The van der Waals surface area contributed by atoms with Crippen LogP contribution in [-0.2, 0) is 11.8 Å². The molecule has 2 unspecified atom stereocenters. The second-order valence-electron chi connectivity index (χ2n) is 5.55. The summed E-state index contributed by atoms with van der Waals surface area (Å²) in [6, 6.07) is 15.9. The van der Waals surface area contributed by atoms with E-state index in [1.807, 2.05) is 24.3 Å². The van der Waals surface area contributed by atoms with Crippen LogP contribution in [0.4, 0.5) is 4.39 Å². The Morgan fingerprint density at radius 1 is 1.14 bits per heavy atom. The number of hydrogen-bond acceptors (Lipinski definition) is 2. The third-order valence-electron chi connectivity index (χ3n) is 4.37. The highest BCUT2D eigenvalue weighted by Gasteiger charge is 2.43. The molecule has 0 aromatic heterocycles. The summed E-state index contributed by atoms with van der Waals surface area (Å²) in [5.41, 5.74) is 1.64. The first-order valence-corrected chi connectivity index (χ1v) is 7.10. The lowest BCUT2D eigenvalue weighted by Gasteiger charge is -2.37. The van der Waals surface area contributed by atoms with Gasteiger partial charge in [0.2, 0.25) is 0 Å². The van der Waals surface area contributed by atoms with Crippen LogP contribution in [-0.4, -0.2) is 5.11 Å². The molecule has 0 fully saturated rings. The summed E-state index contributed by atoms with van der Waals surface area (Å²) >= 11 is 0. The van der Waals surface area contributed by atoms with Gasteiger partial charge in [-0.25, -0.2) is 4.39 Å². The molecule has 0 spiro atoms. The lowest BCUT2D eigenvalue weighted by Crippen LogP contribution is -2.36. The van der Waals surface area contributed by atoms with E-state index in [2.05, 4.69) is 6.07 Å². The van der Waals surface area contributed by atoms with Crippen molar-refractivity contribution in [3.63, 3.8) is 0 Å². The van der Waals surface area contributed by atoms with Gasteiger partial charge in [0.25, 0.3) is 0 Å². The minimum atomic E-state index is -0.954. The zero-order chi connectivity index (χ0) is 14.9. The molecular weight excluding hydrogens is 265 g/mol. The van der Waals surface area contributed by atoms with E-state index >= 15 is 0 Å². The van der Waals surface area contributed by atoms with Gasteiger partial charge in [-0.1, -0.05) is 36.4 Å². The third kappa shape index (κ3) is 2.22. The first kappa shape index (κ1) is 13.8. The van der Waals surface area contributed by atoms with Crippen molar-refractivity contribution in [3.8, 4) is 6.07 Å². The Labute approximate surface area is 123 Å². The number of nitrogens with zero attached hydrogens (tertiary/aromatic N) is 1. The number of nitriles is 1. The molecule has 2 atom stereocenters. The summed E-state index contributed by atoms with van der Waals surface area (Å²) in [5.74, 6) is -0.346. The lowest BCUT2D eigenvalue weighted by molar-refractivity contribution is 0.0995. The third-order valence-corrected chi connectivity index (χ3v) is 4.37. The molecular formula is C18H16FNO. The monoisotopic (exact) mass is 281 g/mol. The second kappa shape index (κ2) is 5.31. The lowest BCUT2D eigenvalue weighted by atomic mass is 9.66. The number of aryl methyl sites for hydroxylation is 1. The van der Waals surface area contributed by atoms with E-state index in [4.69, 9.17) is 0 Å². The molecule has 1 aliphatic rings. The Kier molecular flexibility index (Phi) is 3.48. The predicted molar refractivity (Wildman–Crippen MR) is 78.0 cm³/mol. The molecule has 0 radical (unpaired) electrons. The van der Waals surface area contributed by atoms with Crippen molar-refractivity contribution in [1.82, 2.24) is 0 Å². The number of halogens is 1. The molecule has 0 saturated carbocycles. The van der Waals surface area contributed by atoms with Crippen molar-refractivity contribution in [2.45, 2.75) is 30.8 Å². The standard InChI is InChI=1S/C18H16FNO/c19-15-9-7-14(8-10-15)17(21)18(12-20)11-3-5-13-4-1-2-6-16(13)18/h1-2,4,6-10,17,21H,3,5,11H2. The smallest absolute Gasteiger partial charge is 0.123 e. The normalized spacial score (nSPS) is 22.1. The first-order valence-electron chi connectivity index (χ1n) is 7.10. The SMILES string of the molecule is N#CC1(C(O)c2ccc(F)cc2)CCCc2ccccc21. The topological polar surface area (TPSA) is 44.0 Å². The maximum atomic E-state index is 13.1. The van der Waals surface area contributed by atoms with Gasteiger partial charge in [-0.3, -0.25) is 0 Å². The van der Waals surface area contributed by atoms with Gasteiger partial charge < -0.3 is 5.11 Å². The zero-order valence-electron chi connectivity index (χ0n) is 11.6. The summed E-state index contributed by atoms with van der Waals surface area (Å²) in [7, 11) is 0. The molecule has 2 nitrogen and oxygen atoms in total. The number of rotatable bonds is 2. The van der Waals surface area contributed by atoms with E-state index in [1.54, 1.807) is 12.1 Å². The average Bonchev–Trinajstić information content (AvgIpc) is 2.54. The minimum Gasteiger partial charge on any atom is -0.386 e. The van der Waals surface area contributed by atoms with Gasteiger partial charge in [0.15, 0.2) is 0 Å². The van der Waals surface area contributed by atoms with Gasteiger partial charge >= 0.3 is 0 Å². The van der Waals surface area contributed by atoms with Crippen molar-refractivity contribution in [3.05, 3.63) is 71.0 Å². The molecule has 1 N–H and O–H groups in total. The Bertz CT molecular complexity index is 689. The van der Waals surface area contributed by atoms with Crippen LogP contribution in [0.1, 0.15) is 35.6 Å². The van der Waals surface area contributed by atoms with E-state index in [0.717, 1.165) is 24.0 Å². The van der Waals surface area contributed by atoms with Crippen LogP contribution in [0.3, 0.4) is 0 Å². The molecule has 3 heteroatoms. The Balaban J connectivity index is 2.10. The fourth-order valence-corrected chi connectivity index (χ4v) is 3.26. The number of hydrogen-bond donors (Lipinski definition) is 1. The van der Waals surface area contributed by atoms with Crippen LogP contribution < -0.4 is 0 Å². The van der Waals surface area contributed by atoms with Gasteiger partial charge in [0.1, 0.15) is 17.3 Å². The van der Waals surface area contributed by atoms with Crippen LogP contribution >= 0.6 is 0 Å². The highest BCUT2D eigenvalue weighted by molar-refractivity contribution is 5.45. The molecule has 0 aliphatic heterocycles. The Morgan fingerprint density at radius 3 is 2.57 bits per heavy atom. The molecule has 1 aliphatic carbocycles. The van der Waals surface area contributed by atoms with Crippen molar-refractivity contribution in [1.29, 1.82) is 5.26 Å². The van der Waals surface area contributed by atoms with E-state index in [-0.39, 0.29) is 5.82 Å². The maximum absolute atomic E-state index is 13.1. The highest BCUT2D eigenvalue weighted by atomic mass is 19.1. The van der Waals surface area contributed by atoms with E-state index in [9.17, 15) is 14.8 Å². The molecule has 2 aromatic carbocycles. The van der Waals surface area contributed by atoms with Gasteiger partial charge in [0.05, 0.1) is 6.07 Å². The highest BCUT2D eigenvalue weighted by Crippen LogP contribution is 2.45. The zero-order valence-corrected chi connectivity index (χ0v) is 11.6. The number of aliphatic hydroxyl groups is 1. The van der Waals surface area contributed by atoms with Crippen LogP contribution in [0.25, 0.3) is 0 Å². The molecule has 3 rings (SSSR count). The van der Waals surface area contributed by atoms with Crippen LogP contribution in [0, 0.1) is 17.1 Å². The molecule has 0 saturated heterocycles. The number of aliphatic hydroxyl groups excluding tert-OH is 1. The number of fused-ring (bicyclic) bond motifs is 1. The summed E-state index contributed by atoms with van der Waals surface area (Å²) < 4.78 is 13.1. The van der Waals surface area contributed by atoms with E-state index < -0.39 is 11.5 Å². The summed E-state index contributed by atoms with van der Waals surface area (Å²) in [6.45, 7) is 0. The van der Waals surface area contributed by atoms with Crippen molar-refractivity contribution in [2.75, 3.05) is 0 Å². The predicted octanol–water partition coefficient (Wildman–Crippen LogP) is 3.66. The first-order chi connectivity index (χ1) is 10.2. The van der Waals surface area contributed by atoms with Gasteiger partial charge in [-0.15, -0.1) is 0 Å². The Morgan fingerprint density at radius 2 is 1.86 bits per heavy atom. The van der Waals surface area contributed by atoms with Gasteiger partial charge in [0, 0.05) is 0 Å². The summed E-state index contributed by atoms with van der Waals surface area (Å²) in [5, 5.41) is 20.6. The number of benzene rings is 2. The molecule has 0 heterocycles. The molecule has 2 aromatic rings. The van der Waals surface area contributed by atoms with Gasteiger partial charge in [-0.05, 0) is 48.1 Å². The van der Waals surface area contributed by atoms with Gasteiger partial charge in [-0.2, -0.15) is 5.26 Å². The van der Waals surface area contributed by atoms with Crippen LogP contribution in [0.2, 0.25) is 0 Å². The van der Waals surface area contributed by atoms with Crippen molar-refractivity contribution < 1.29 is 9.50 Å². The average molecular weight is 281 g/mol. The van der Waals surface area contributed by atoms with Crippen molar-refractivity contribution in [2.24, 2.45) is 0 Å². The second-order valence-corrected chi connectivity index (χ2v) is 5.55. The summed E-state index contributed by atoms with van der Waals surface area (Å²) in [6.07, 6.45) is 1.45. The molecule has 0 bridgehead atoms. The van der Waals surface area contributed by atoms with E-state index in [1.165, 1.54) is 12.1 Å². The van der Waals surface area contributed by atoms with E-state index in [0.29, 0.717) is 12.0 Å². The molecule has 106 valence electrons. The summed E-state index contributed by atoms with van der Waals surface area (Å²) in [4.78, 5) is 0. The Hall–Kier alpha value is -2.18. The molecule has 0 amide bonds.